The third-order valence-electron chi connectivity index (χ3n) is 5.61. The maximum Gasteiger partial charge on any atom is 0.235 e. The van der Waals surface area contributed by atoms with Gasteiger partial charge in [0.15, 0.2) is 11.0 Å². The Balaban J connectivity index is 1.67. The summed E-state index contributed by atoms with van der Waals surface area (Å²) in [4.78, 5) is 17.2. The van der Waals surface area contributed by atoms with Crippen molar-refractivity contribution in [2.75, 3.05) is 32.7 Å². The molecule has 29 heavy (non-hydrogen) atoms. The van der Waals surface area contributed by atoms with E-state index >= 15 is 0 Å². The molecule has 0 aliphatic carbocycles. The quantitative estimate of drug-likeness (QED) is 0.701. The molecule has 1 aliphatic rings. The van der Waals surface area contributed by atoms with Crippen molar-refractivity contribution in [3.8, 4) is 11.4 Å². The summed E-state index contributed by atoms with van der Waals surface area (Å²) in [5.41, 5.74) is 2.45. The van der Waals surface area contributed by atoms with E-state index in [1.807, 2.05) is 23.4 Å². The van der Waals surface area contributed by atoms with Crippen LogP contribution in [0.5, 0.6) is 0 Å². The molecule has 6 nitrogen and oxygen atoms in total. The Morgan fingerprint density at radius 2 is 1.72 bits per heavy atom. The molecule has 0 radical (unpaired) electrons. The molecule has 1 amide bonds. The normalized spacial score (nSPS) is 16.8. The molecule has 0 spiro atoms. The van der Waals surface area contributed by atoms with Crippen LogP contribution in [0, 0.1) is 0 Å². The van der Waals surface area contributed by atoms with E-state index in [2.05, 4.69) is 67.1 Å². The molecule has 0 bridgehead atoms. The van der Waals surface area contributed by atoms with Crippen LogP contribution in [0.15, 0.2) is 29.4 Å². The van der Waals surface area contributed by atoms with Crippen molar-refractivity contribution >= 4 is 17.7 Å². The van der Waals surface area contributed by atoms with Crippen molar-refractivity contribution in [3.05, 3.63) is 29.8 Å². The average molecular weight is 416 g/mol. The summed E-state index contributed by atoms with van der Waals surface area (Å²) in [6, 6.07) is 8.50. The largest absolute Gasteiger partial charge is 0.339 e. The number of aromatic nitrogens is 3. The highest BCUT2D eigenvalue weighted by Gasteiger charge is 2.26. The second-order valence-corrected chi connectivity index (χ2v) is 10.0. The number of amides is 1. The first-order valence-corrected chi connectivity index (χ1v) is 11.3. The van der Waals surface area contributed by atoms with Gasteiger partial charge in [-0.2, -0.15) is 0 Å². The summed E-state index contributed by atoms with van der Waals surface area (Å²) in [5, 5.41) is 9.33. The minimum absolute atomic E-state index is 0.123. The Morgan fingerprint density at radius 1 is 1.10 bits per heavy atom. The van der Waals surface area contributed by atoms with Crippen LogP contribution in [0.1, 0.15) is 40.2 Å². The van der Waals surface area contributed by atoms with E-state index in [0.29, 0.717) is 0 Å². The predicted octanol–water partition coefficient (Wildman–Crippen LogP) is 3.42. The van der Waals surface area contributed by atoms with Crippen LogP contribution in [0.25, 0.3) is 11.4 Å². The number of carbonyl (C=O) groups excluding carboxylic acids is 1. The highest BCUT2D eigenvalue weighted by molar-refractivity contribution is 8.00. The van der Waals surface area contributed by atoms with Gasteiger partial charge in [-0.25, -0.2) is 0 Å². The van der Waals surface area contributed by atoms with E-state index in [0.717, 1.165) is 49.3 Å². The Labute approximate surface area is 178 Å². The molecule has 2 aromatic rings. The summed E-state index contributed by atoms with van der Waals surface area (Å²) in [7, 11) is 1.96. The second kappa shape index (κ2) is 8.88. The van der Waals surface area contributed by atoms with E-state index in [-0.39, 0.29) is 16.6 Å². The smallest absolute Gasteiger partial charge is 0.235 e. The molecule has 158 valence electrons. The fourth-order valence-electron chi connectivity index (χ4n) is 3.54. The Morgan fingerprint density at radius 3 is 2.28 bits per heavy atom. The molecule has 0 N–H and O–H groups in total. The van der Waals surface area contributed by atoms with Crippen molar-refractivity contribution in [1.82, 2.24) is 24.6 Å². The Hall–Kier alpha value is -1.86. The molecule has 1 aliphatic heterocycles. The third-order valence-corrected chi connectivity index (χ3v) is 6.73. The molecule has 0 saturated carbocycles. The first-order valence-electron chi connectivity index (χ1n) is 10.4. The van der Waals surface area contributed by atoms with Gasteiger partial charge in [-0.15, -0.1) is 10.2 Å². The fraction of sp³-hybridized carbons (Fsp3) is 0.591. The zero-order valence-corrected chi connectivity index (χ0v) is 19.3. The average Bonchev–Trinajstić information content (AvgIpc) is 3.07. The lowest BCUT2D eigenvalue weighted by atomic mass is 9.87. The van der Waals surface area contributed by atoms with Crippen molar-refractivity contribution in [3.63, 3.8) is 0 Å². The van der Waals surface area contributed by atoms with E-state index < -0.39 is 0 Å². The van der Waals surface area contributed by atoms with Gasteiger partial charge in [-0.05, 0) is 24.4 Å². The number of hydrogen-bond donors (Lipinski definition) is 0. The topological polar surface area (TPSA) is 54.3 Å². The van der Waals surface area contributed by atoms with Gasteiger partial charge in [-0.1, -0.05) is 63.7 Å². The number of nitrogens with zero attached hydrogens (tertiary/aromatic N) is 5. The van der Waals surface area contributed by atoms with Gasteiger partial charge in [0.05, 0.1) is 5.25 Å². The van der Waals surface area contributed by atoms with Crippen molar-refractivity contribution in [1.29, 1.82) is 0 Å². The van der Waals surface area contributed by atoms with Crippen LogP contribution in [0.4, 0.5) is 0 Å². The van der Waals surface area contributed by atoms with E-state index in [1.54, 1.807) is 0 Å². The third kappa shape index (κ3) is 5.01. The van der Waals surface area contributed by atoms with Gasteiger partial charge < -0.3 is 14.4 Å². The van der Waals surface area contributed by atoms with Crippen LogP contribution in [-0.2, 0) is 17.3 Å². The number of thioether (sulfide) groups is 1. The summed E-state index contributed by atoms with van der Waals surface area (Å²) in [6.07, 6.45) is 0. The van der Waals surface area contributed by atoms with Crippen LogP contribution in [0.3, 0.4) is 0 Å². The van der Waals surface area contributed by atoms with Gasteiger partial charge in [0, 0.05) is 38.8 Å². The highest BCUT2D eigenvalue weighted by Crippen LogP contribution is 2.29. The van der Waals surface area contributed by atoms with E-state index in [4.69, 9.17) is 0 Å². The lowest BCUT2D eigenvalue weighted by Crippen LogP contribution is -2.50. The maximum atomic E-state index is 12.8. The maximum absolute atomic E-state index is 12.8. The minimum Gasteiger partial charge on any atom is -0.339 e. The van der Waals surface area contributed by atoms with Gasteiger partial charge in [0.25, 0.3) is 0 Å². The van der Waals surface area contributed by atoms with Crippen molar-refractivity contribution in [2.24, 2.45) is 7.05 Å². The number of piperazine rings is 1. The van der Waals surface area contributed by atoms with E-state index in [1.165, 1.54) is 17.3 Å². The highest BCUT2D eigenvalue weighted by atomic mass is 32.2. The molecular weight excluding hydrogens is 382 g/mol. The molecule has 0 unspecified atom stereocenters. The van der Waals surface area contributed by atoms with Crippen LogP contribution in [0.2, 0.25) is 0 Å². The Bertz CT molecular complexity index is 832. The first kappa shape index (κ1) is 21.8. The van der Waals surface area contributed by atoms with Gasteiger partial charge in [0.2, 0.25) is 5.91 Å². The van der Waals surface area contributed by atoms with Gasteiger partial charge in [-0.3, -0.25) is 4.79 Å². The van der Waals surface area contributed by atoms with E-state index in [9.17, 15) is 4.79 Å². The van der Waals surface area contributed by atoms with Crippen LogP contribution >= 0.6 is 11.8 Å². The minimum atomic E-state index is -0.179. The molecule has 1 fully saturated rings. The molecule has 2 heterocycles. The lowest BCUT2D eigenvalue weighted by Gasteiger charge is -2.35. The zero-order valence-electron chi connectivity index (χ0n) is 18.5. The SMILES string of the molecule is CCN1CCN(C(=O)[C@H](C)Sc2nnc(-c3ccc(C(C)(C)C)cc3)n2C)CC1. The lowest BCUT2D eigenvalue weighted by molar-refractivity contribution is -0.132. The monoisotopic (exact) mass is 415 g/mol. The summed E-state index contributed by atoms with van der Waals surface area (Å²) < 4.78 is 1.98. The van der Waals surface area contributed by atoms with Crippen molar-refractivity contribution in [2.45, 2.75) is 50.4 Å². The van der Waals surface area contributed by atoms with Gasteiger partial charge in [0.1, 0.15) is 0 Å². The fourth-order valence-corrected chi connectivity index (χ4v) is 4.44. The molecule has 1 saturated heterocycles. The summed E-state index contributed by atoms with van der Waals surface area (Å²) in [5.74, 6) is 1.01. The number of likely N-dealkylation sites (N-methyl/N-ethyl adjacent to an activating group) is 1. The first-order chi connectivity index (χ1) is 13.7. The molecule has 1 atom stereocenters. The van der Waals surface area contributed by atoms with Crippen LogP contribution in [-0.4, -0.2) is 68.4 Å². The summed E-state index contributed by atoms with van der Waals surface area (Å²) >= 11 is 1.49. The molecule has 1 aromatic heterocycles. The molecule has 3 rings (SSSR count). The standard InChI is InChI=1S/C22H33N5OS/c1-7-26-12-14-27(15-13-26)20(28)16(2)29-21-24-23-19(25(21)6)17-8-10-18(11-9-17)22(3,4)5/h8-11,16H,7,12-15H2,1-6H3/t16-/m0/s1. The van der Waals surface area contributed by atoms with Crippen LogP contribution < -0.4 is 0 Å². The number of carbonyl (C=O) groups is 1. The summed E-state index contributed by atoms with van der Waals surface area (Å²) in [6.45, 7) is 15.3. The number of hydrogen-bond acceptors (Lipinski definition) is 5. The zero-order chi connectivity index (χ0) is 21.2. The number of rotatable bonds is 5. The predicted molar refractivity (Wildman–Crippen MR) is 119 cm³/mol. The molecule has 7 heteroatoms. The molecule has 1 aromatic carbocycles. The van der Waals surface area contributed by atoms with Crippen molar-refractivity contribution < 1.29 is 4.79 Å². The van der Waals surface area contributed by atoms with Gasteiger partial charge >= 0.3 is 0 Å². The number of benzene rings is 1. The second-order valence-electron chi connectivity index (χ2n) is 8.71. The Kier molecular flexibility index (Phi) is 6.69. The molecular formula is C22H33N5OS.